The van der Waals surface area contributed by atoms with E-state index in [0.717, 1.165) is 0 Å². The van der Waals surface area contributed by atoms with E-state index in [1.807, 2.05) is 20.8 Å². The molecular weight excluding hydrogens is 169 g/mol. The molecule has 0 aliphatic heterocycles. The molecule has 0 aromatic carbocycles. The van der Waals surface area contributed by atoms with E-state index in [9.17, 15) is 13.2 Å². The van der Waals surface area contributed by atoms with Gasteiger partial charge in [-0.1, -0.05) is 20.8 Å². The van der Waals surface area contributed by atoms with Crippen LogP contribution in [0.3, 0.4) is 0 Å². The highest BCUT2D eigenvalue weighted by Crippen LogP contribution is 2.24. The summed E-state index contributed by atoms with van der Waals surface area (Å²) in [6.07, 6.45) is -4.61. The fourth-order valence-electron chi connectivity index (χ4n) is 0.469. The zero-order chi connectivity index (χ0) is 9.99. The Bertz CT molecular complexity index is 134. The molecule has 0 spiro atoms. The van der Waals surface area contributed by atoms with Crippen LogP contribution in [0.2, 0.25) is 0 Å². The molecule has 74 valence electrons. The summed E-state index contributed by atoms with van der Waals surface area (Å²) in [5.41, 5.74) is -0.245. The molecule has 0 amide bonds. The van der Waals surface area contributed by atoms with Crippen molar-refractivity contribution in [3.8, 4) is 0 Å². The molecule has 0 aliphatic rings. The molecule has 12 heavy (non-hydrogen) atoms. The first-order chi connectivity index (χ1) is 5.13. The average Bonchev–Trinajstić information content (AvgIpc) is 1.78. The third kappa shape index (κ3) is 5.41. The minimum absolute atomic E-state index is 0.245. The van der Waals surface area contributed by atoms with Crippen molar-refractivity contribution in [1.29, 1.82) is 0 Å². The lowest BCUT2D eigenvalue weighted by molar-refractivity contribution is -0.192. The number of halogens is 3. The standard InChI is InChI=1S/C8H15F3O/c1-6(7(2,3)4)12-5-8(9,10)11/h6H,5H2,1-4H3. The molecule has 0 rings (SSSR count). The van der Waals surface area contributed by atoms with Crippen molar-refractivity contribution in [3.05, 3.63) is 0 Å². The van der Waals surface area contributed by atoms with E-state index in [1.54, 1.807) is 6.92 Å². The van der Waals surface area contributed by atoms with Crippen molar-refractivity contribution >= 4 is 0 Å². The zero-order valence-electron chi connectivity index (χ0n) is 7.83. The Morgan fingerprint density at radius 2 is 1.58 bits per heavy atom. The topological polar surface area (TPSA) is 9.23 Å². The molecule has 0 heterocycles. The van der Waals surface area contributed by atoms with E-state index in [4.69, 9.17) is 0 Å². The highest BCUT2D eigenvalue weighted by atomic mass is 19.4. The lowest BCUT2D eigenvalue weighted by Crippen LogP contribution is -2.30. The van der Waals surface area contributed by atoms with Gasteiger partial charge in [0, 0.05) is 0 Å². The number of rotatable bonds is 2. The summed E-state index contributed by atoms with van der Waals surface area (Å²) in [6, 6.07) is 0. The van der Waals surface area contributed by atoms with Gasteiger partial charge >= 0.3 is 6.18 Å². The Morgan fingerprint density at radius 1 is 1.17 bits per heavy atom. The first kappa shape index (κ1) is 11.8. The Hall–Kier alpha value is -0.250. The quantitative estimate of drug-likeness (QED) is 0.641. The van der Waals surface area contributed by atoms with Crippen molar-refractivity contribution in [2.24, 2.45) is 5.41 Å². The number of hydrogen-bond acceptors (Lipinski definition) is 1. The van der Waals surface area contributed by atoms with Gasteiger partial charge in [-0.25, -0.2) is 0 Å². The van der Waals surface area contributed by atoms with Crippen LogP contribution < -0.4 is 0 Å². The molecular formula is C8H15F3O. The average molecular weight is 184 g/mol. The van der Waals surface area contributed by atoms with E-state index in [0.29, 0.717) is 0 Å². The predicted octanol–water partition coefficient (Wildman–Crippen LogP) is 3.00. The van der Waals surface area contributed by atoms with Crippen LogP contribution >= 0.6 is 0 Å². The van der Waals surface area contributed by atoms with Crippen molar-refractivity contribution < 1.29 is 17.9 Å². The Labute approximate surface area is 70.9 Å². The normalized spacial score (nSPS) is 16.2. The van der Waals surface area contributed by atoms with Gasteiger partial charge < -0.3 is 4.74 Å². The van der Waals surface area contributed by atoms with Gasteiger partial charge in [-0.3, -0.25) is 0 Å². The molecule has 0 fully saturated rings. The van der Waals surface area contributed by atoms with Crippen molar-refractivity contribution in [2.45, 2.75) is 40.0 Å². The van der Waals surface area contributed by atoms with Crippen LogP contribution in [0, 0.1) is 5.41 Å². The summed E-state index contributed by atoms with van der Waals surface area (Å²) in [5.74, 6) is 0. The molecule has 1 atom stereocenters. The van der Waals surface area contributed by atoms with E-state index in [2.05, 4.69) is 4.74 Å². The second-order valence-electron chi connectivity index (χ2n) is 3.93. The van der Waals surface area contributed by atoms with E-state index in [-0.39, 0.29) is 11.5 Å². The molecule has 0 bridgehead atoms. The largest absolute Gasteiger partial charge is 0.411 e. The minimum Gasteiger partial charge on any atom is -0.369 e. The summed E-state index contributed by atoms with van der Waals surface area (Å²) < 4.78 is 39.7. The Kier molecular flexibility index (Phi) is 3.57. The minimum atomic E-state index is -4.22. The van der Waals surface area contributed by atoms with Gasteiger partial charge in [-0.15, -0.1) is 0 Å². The highest BCUT2D eigenvalue weighted by Gasteiger charge is 2.31. The maximum Gasteiger partial charge on any atom is 0.411 e. The maximum atomic E-state index is 11.7. The lowest BCUT2D eigenvalue weighted by Gasteiger charge is -2.27. The second kappa shape index (κ2) is 3.64. The van der Waals surface area contributed by atoms with Gasteiger partial charge in [0.2, 0.25) is 0 Å². The van der Waals surface area contributed by atoms with Crippen LogP contribution in [0.15, 0.2) is 0 Å². The summed E-state index contributed by atoms with van der Waals surface area (Å²) >= 11 is 0. The summed E-state index contributed by atoms with van der Waals surface area (Å²) in [4.78, 5) is 0. The van der Waals surface area contributed by atoms with Crippen LogP contribution in [0.5, 0.6) is 0 Å². The van der Waals surface area contributed by atoms with Gasteiger partial charge in [0.15, 0.2) is 0 Å². The monoisotopic (exact) mass is 184 g/mol. The molecule has 4 heteroatoms. The molecule has 0 aromatic rings. The van der Waals surface area contributed by atoms with Crippen LogP contribution in [0.25, 0.3) is 0 Å². The number of hydrogen-bond donors (Lipinski definition) is 0. The fourth-order valence-corrected chi connectivity index (χ4v) is 0.469. The maximum absolute atomic E-state index is 11.7. The van der Waals surface area contributed by atoms with E-state index in [1.165, 1.54) is 0 Å². The van der Waals surface area contributed by atoms with Crippen LogP contribution in [-0.4, -0.2) is 18.9 Å². The van der Waals surface area contributed by atoms with Gasteiger partial charge in [0.25, 0.3) is 0 Å². The molecule has 0 radical (unpaired) electrons. The summed E-state index contributed by atoms with van der Waals surface area (Å²) in [7, 11) is 0. The molecule has 0 aliphatic carbocycles. The van der Waals surface area contributed by atoms with Gasteiger partial charge in [0.1, 0.15) is 6.61 Å². The summed E-state index contributed by atoms with van der Waals surface area (Å²) in [5, 5.41) is 0. The van der Waals surface area contributed by atoms with Gasteiger partial charge in [-0.05, 0) is 12.3 Å². The predicted molar refractivity (Wildman–Crippen MR) is 40.9 cm³/mol. The third-order valence-electron chi connectivity index (χ3n) is 1.72. The Morgan fingerprint density at radius 3 is 1.83 bits per heavy atom. The van der Waals surface area contributed by atoms with Crippen molar-refractivity contribution in [3.63, 3.8) is 0 Å². The van der Waals surface area contributed by atoms with Crippen LogP contribution in [0.4, 0.5) is 13.2 Å². The lowest BCUT2D eigenvalue weighted by atomic mass is 9.90. The second-order valence-corrected chi connectivity index (χ2v) is 3.93. The molecule has 1 unspecified atom stereocenters. The molecule has 0 saturated heterocycles. The number of alkyl halides is 3. The van der Waals surface area contributed by atoms with Crippen molar-refractivity contribution in [2.75, 3.05) is 6.61 Å². The molecule has 0 saturated carbocycles. The fraction of sp³-hybridized carbons (Fsp3) is 1.00. The van der Waals surface area contributed by atoms with Crippen molar-refractivity contribution in [1.82, 2.24) is 0 Å². The van der Waals surface area contributed by atoms with E-state index < -0.39 is 12.8 Å². The Balaban J connectivity index is 3.80. The van der Waals surface area contributed by atoms with Crippen LogP contribution in [0.1, 0.15) is 27.7 Å². The number of ether oxygens (including phenoxy) is 1. The SMILES string of the molecule is CC(OCC(F)(F)F)C(C)(C)C. The smallest absolute Gasteiger partial charge is 0.369 e. The molecule has 0 N–H and O–H groups in total. The first-order valence-corrected chi connectivity index (χ1v) is 3.81. The van der Waals surface area contributed by atoms with Gasteiger partial charge in [0.05, 0.1) is 6.10 Å². The zero-order valence-corrected chi connectivity index (χ0v) is 7.83. The van der Waals surface area contributed by atoms with Crippen LogP contribution in [-0.2, 0) is 4.74 Å². The highest BCUT2D eigenvalue weighted by molar-refractivity contribution is 4.70. The first-order valence-electron chi connectivity index (χ1n) is 3.81. The summed E-state index contributed by atoms with van der Waals surface area (Å²) in [6.45, 7) is 6.01. The third-order valence-corrected chi connectivity index (χ3v) is 1.72. The van der Waals surface area contributed by atoms with E-state index >= 15 is 0 Å². The van der Waals surface area contributed by atoms with Gasteiger partial charge in [-0.2, -0.15) is 13.2 Å². The molecule has 1 nitrogen and oxygen atoms in total. The molecule has 0 aromatic heterocycles.